The number of nitrogens with zero attached hydrogens (tertiary/aromatic N) is 2. The number of hydrogen-bond donors (Lipinski definition) is 1. The van der Waals surface area contributed by atoms with Crippen LogP contribution in [0.2, 0.25) is 0 Å². The van der Waals surface area contributed by atoms with Gasteiger partial charge in [0.1, 0.15) is 11.3 Å². The van der Waals surface area contributed by atoms with Crippen molar-refractivity contribution < 1.29 is 27.5 Å². The van der Waals surface area contributed by atoms with E-state index in [-0.39, 0.29) is 22.8 Å². The van der Waals surface area contributed by atoms with Crippen LogP contribution in [0.25, 0.3) is 11.1 Å². The molecule has 0 amide bonds. The molecule has 1 heterocycles. The number of fused-ring (bicyclic) bond motifs is 1. The number of rotatable bonds is 11. The van der Waals surface area contributed by atoms with Crippen LogP contribution in [0.4, 0.5) is 6.01 Å². The van der Waals surface area contributed by atoms with Crippen LogP contribution in [0.1, 0.15) is 16.8 Å². The number of sulfone groups is 1. The highest BCUT2D eigenvalue weighted by atomic mass is 32.2. The van der Waals surface area contributed by atoms with E-state index in [2.05, 4.69) is 4.98 Å². The summed E-state index contributed by atoms with van der Waals surface area (Å²) >= 11 is 0. The van der Waals surface area contributed by atoms with E-state index < -0.39 is 15.8 Å². The average molecular weight is 481 g/mol. The first-order valence-corrected chi connectivity index (χ1v) is 12.4. The highest BCUT2D eigenvalue weighted by Crippen LogP contribution is 2.23. The van der Waals surface area contributed by atoms with E-state index in [4.69, 9.17) is 9.15 Å². The summed E-state index contributed by atoms with van der Waals surface area (Å²) < 4.78 is 37.6. The number of carboxylic acid groups (broad SMARTS) is 1. The van der Waals surface area contributed by atoms with Gasteiger partial charge in [-0.15, -0.1) is 0 Å². The molecular formula is C25H24N2O6S. The van der Waals surface area contributed by atoms with Gasteiger partial charge in [-0.3, -0.25) is 0 Å². The molecule has 0 aliphatic heterocycles. The largest absolute Gasteiger partial charge is 0.494 e. The van der Waals surface area contributed by atoms with Crippen LogP contribution in [0, 0.1) is 0 Å². The summed E-state index contributed by atoms with van der Waals surface area (Å²) in [6.07, 6.45) is 0.597. The number of aromatic carboxylic acids is 1. The van der Waals surface area contributed by atoms with Crippen LogP contribution in [0.5, 0.6) is 5.75 Å². The zero-order chi connectivity index (χ0) is 24.0. The minimum Gasteiger partial charge on any atom is -0.494 e. The summed E-state index contributed by atoms with van der Waals surface area (Å²) in [6.45, 7) is 0.944. The lowest BCUT2D eigenvalue weighted by Gasteiger charge is -2.21. The van der Waals surface area contributed by atoms with Crippen LogP contribution in [-0.2, 0) is 9.84 Å². The van der Waals surface area contributed by atoms with Crippen LogP contribution < -0.4 is 9.64 Å². The molecule has 0 unspecified atom stereocenters. The number of para-hydroxylation sites is 3. The smallest absolute Gasteiger partial charge is 0.337 e. The number of anilines is 1. The van der Waals surface area contributed by atoms with E-state index in [1.165, 1.54) is 24.3 Å². The second-order valence-corrected chi connectivity index (χ2v) is 9.66. The van der Waals surface area contributed by atoms with Crippen LogP contribution in [0.3, 0.4) is 0 Å². The second kappa shape index (κ2) is 10.4. The van der Waals surface area contributed by atoms with Crippen molar-refractivity contribution in [2.45, 2.75) is 11.3 Å². The van der Waals surface area contributed by atoms with Gasteiger partial charge < -0.3 is 19.2 Å². The Bertz CT molecular complexity index is 1340. The second-order valence-electron chi connectivity index (χ2n) is 7.59. The zero-order valence-corrected chi connectivity index (χ0v) is 19.1. The molecule has 0 fully saturated rings. The first kappa shape index (κ1) is 23.3. The van der Waals surface area contributed by atoms with Crippen molar-refractivity contribution in [2.24, 2.45) is 0 Å². The summed E-state index contributed by atoms with van der Waals surface area (Å²) in [5, 5.41) is 9.39. The Balaban J connectivity index is 1.50. The van der Waals surface area contributed by atoms with Crippen LogP contribution in [-0.4, -0.2) is 49.9 Å². The number of hydrogen-bond acceptors (Lipinski definition) is 7. The fourth-order valence-electron chi connectivity index (χ4n) is 3.52. The number of carboxylic acids is 1. The van der Waals surface area contributed by atoms with Crippen molar-refractivity contribution in [3.63, 3.8) is 0 Å². The zero-order valence-electron chi connectivity index (χ0n) is 18.3. The van der Waals surface area contributed by atoms with E-state index in [0.717, 1.165) is 5.75 Å². The molecule has 4 aromatic rings. The molecule has 0 spiro atoms. The minimum absolute atomic E-state index is 0.0778. The third kappa shape index (κ3) is 5.55. The van der Waals surface area contributed by atoms with Gasteiger partial charge >= 0.3 is 5.97 Å². The van der Waals surface area contributed by atoms with E-state index >= 15 is 0 Å². The van der Waals surface area contributed by atoms with Crippen molar-refractivity contribution in [1.29, 1.82) is 0 Å². The number of oxazole rings is 1. The van der Waals surface area contributed by atoms with Gasteiger partial charge in [0.2, 0.25) is 0 Å². The molecule has 176 valence electrons. The van der Waals surface area contributed by atoms with Gasteiger partial charge in [-0.25, -0.2) is 13.2 Å². The first-order valence-electron chi connectivity index (χ1n) is 10.8. The van der Waals surface area contributed by atoms with Crippen molar-refractivity contribution >= 4 is 32.9 Å². The van der Waals surface area contributed by atoms with Crippen molar-refractivity contribution in [1.82, 2.24) is 4.98 Å². The van der Waals surface area contributed by atoms with Gasteiger partial charge in [0.05, 0.1) is 22.8 Å². The summed E-state index contributed by atoms with van der Waals surface area (Å²) in [6, 6.07) is 22.6. The molecule has 1 N–H and O–H groups in total. The topological polar surface area (TPSA) is 110 Å². The molecule has 9 heteroatoms. The molecule has 0 aliphatic carbocycles. The lowest BCUT2D eigenvalue weighted by atomic mass is 10.2. The lowest BCUT2D eigenvalue weighted by molar-refractivity contribution is 0.0692. The van der Waals surface area contributed by atoms with E-state index in [1.807, 2.05) is 48.5 Å². The van der Waals surface area contributed by atoms with Gasteiger partial charge in [0.25, 0.3) is 6.01 Å². The molecule has 0 bridgehead atoms. The maximum atomic E-state index is 13.0. The maximum absolute atomic E-state index is 13.0. The summed E-state index contributed by atoms with van der Waals surface area (Å²) in [4.78, 5) is 17.5. The van der Waals surface area contributed by atoms with E-state index in [1.54, 1.807) is 11.0 Å². The molecule has 0 radical (unpaired) electrons. The predicted molar refractivity (Wildman–Crippen MR) is 128 cm³/mol. The Morgan fingerprint density at radius 3 is 2.41 bits per heavy atom. The SMILES string of the molecule is O=C(O)c1ccccc1S(=O)(=O)CCN(CCCOc1ccccc1)c1nc2ccccc2o1. The van der Waals surface area contributed by atoms with Crippen LogP contribution >= 0.6 is 0 Å². The van der Waals surface area contributed by atoms with Crippen molar-refractivity contribution in [3.05, 3.63) is 84.4 Å². The van der Waals surface area contributed by atoms with Gasteiger partial charge in [-0.1, -0.05) is 42.5 Å². The van der Waals surface area contributed by atoms with Crippen LogP contribution in [0.15, 0.2) is 88.2 Å². The molecule has 8 nitrogen and oxygen atoms in total. The Kier molecular flexibility index (Phi) is 7.12. The van der Waals surface area contributed by atoms with Gasteiger partial charge in [-0.05, 0) is 42.8 Å². The molecule has 0 saturated carbocycles. The molecule has 4 rings (SSSR count). The number of benzene rings is 3. The Morgan fingerprint density at radius 2 is 1.65 bits per heavy atom. The maximum Gasteiger partial charge on any atom is 0.337 e. The average Bonchev–Trinajstić information content (AvgIpc) is 3.28. The fourth-order valence-corrected chi connectivity index (χ4v) is 4.97. The molecule has 0 atom stereocenters. The monoisotopic (exact) mass is 480 g/mol. The normalized spacial score (nSPS) is 11.4. The Morgan fingerprint density at radius 1 is 0.941 bits per heavy atom. The molecule has 1 aromatic heterocycles. The molecule has 3 aromatic carbocycles. The highest BCUT2D eigenvalue weighted by Gasteiger charge is 2.24. The van der Waals surface area contributed by atoms with Gasteiger partial charge in [0.15, 0.2) is 15.4 Å². The first-order chi connectivity index (χ1) is 16.4. The molecule has 0 aliphatic rings. The fraction of sp³-hybridized carbons (Fsp3) is 0.200. The summed E-state index contributed by atoms with van der Waals surface area (Å²) in [7, 11) is -3.87. The molecule has 0 saturated heterocycles. The van der Waals surface area contributed by atoms with Gasteiger partial charge in [0, 0.05) is 13.1 Å². The lowest BCUT2D eigenvalue weighted by Crippen LogP contribution is -2.31. The molecular weight excluding hydrogens is 456 g/mol. The quantitative estimate of drug-likeness (QED) is 0.317. The standard InChI is InChI=1S/C25H24N2O6S/c28-24(29)20-11-4-7-14-23(20)34(30,31)18-16-27(15-8-17-32-19-9-2-1-3-10-19)25-26-21-12-5-6-13-22(21)33-25/h1-7,9-14H,8,15-18H2,(H,28,29). The number of ether oxygens (including phenoxy) is 1. The highest BCUT2D eigenvalue weighted by molar-refractivity contribution is 7.91. The van der Waals surface area contributed by atoms with Crippen molar-refractivity contribution in [2.75, 3.05) is 30.3 Å². The summed E-state index contributed by atoms with van der Waals surface area (Å²) in [5.74, 6) is -0.827. The summed E-state index contributed by atoms with van der Waals surface area (Å²) in [5.41, 5.74) is 1.02. The third-order valence-corrected chi connectivity index (χ3v) is 6.97. The van der Waals surface area contributed by atoms with Gasteiger partial charge in [-0.2, -0.15) is 4.98 Å². The van der Waals surface area contributed by atoms with E-state index in [0.29, 0.717) is 36.7 Å². The predicted octanol–water partition coefficient (Wildman–Crippen LogP) is 4.28. The number of aromatic nitrogens is 1. The third-order valence-electron chi connectivity index (χ3n) is 5.22. The minimum atomic E-state index is -3.87. The Hall–Kier alpha value is -3.85. The van der Waals surface area contributed by atoms with E-state index in [9.17, 15) is 18.3 Å². The number of carbonyl (C=O) groups is 1. The molecule has 34 heavy (non-hydrogen) atoms. The Labute approximate surface area is 197 Å². The van der Waals surface area contributed by atoms with Crippen molar-refractivity contribution in [3.8, 4) is 5.75 Å².